The fourth-order valence-corrected chi connectivity index (χ4v) is 5.57. The van der Waals surface area contributed by atoms with E-state index in [4.69, 9.17) is 0 Å². The minimum atomic E-state index is -0.508. The summed E-state index contributed by atoms with van der Waals surface area (Å²) in [6.45, 7) is 14.8. The lowest BCUT2D eigenvalue weighted by Gasteiger charge is -2.18. The second-order valence-corrected chi connectivity index (χ2v) is 12.0. The van der Waals surface area contributed by atoms with E-state index in [1.54, 1.807) is 54.6 Å². The van der Waals surface area contributed by atoms with Gasteiger partial charge in [0.1, 0.15) is 0 Å². The van der Waals surface area contributed by atoms with Crippen LogP contribution in [0, 0.1) is 0 Å². The number of hydrogen-bond acceptors (Lipinski definition) is 7. The van der Waals surface area contributed by atoms with E-state index >= 15 is 0 Å². The minimum Gasteiger partial charge on any atom is -0.352 e. The molecule has 0 atom stereocenters. The standard InChI is InChI=1S/C37H49N9O5/c1-5-45(6-2)19-9-17-38-33(47)26-21-27(34(48)39-18-10-20-46(7-3)8-4)23-30(22-26)40-35(49)25-11-13-28(14-12-25)41-36(50)42-29-15-16-31-32(24-29)44-37(51)43-31/h11-16,21-24H,5-10,17-20H2,1-4H3,(H,38,47)(H,39,48)(H,40,49)(H2,41,42,50)(H2,43,44,51). The Balaban J connectivity index is 1.40. The van der Waals surface area contributed by atoms with Gasteiger partial charge in [0.25, 0.3) is 17.7 Å². The highest BCUT2D eigenvalue weighted by atomic mass is 16.2. The van der Waals surface area contributed by atoms with Crippen molar-refractivity contribution >= 4 is 51.8 Å². The summed E-state index contributed by atoms with van der Waals surface area (Å²) in [4.78, 5) is 73.6. The Bertz CT molecular complexity index is 1790. The molecule has 14 heteroatoms. The zero-order valence-corrected chi connectivity index (χ0v) is 29.8. The topological polar surface area (TPSA) is 184 Å². The van der Waals surface area contributed by atoms with Gasteiger partial charge in [0.2, 0.25) is 0 Å². The van der Waals surface area contributed by atoms with Gasteiger partial charge in [-0.3, -0.25) is 14.4 Å². The highest BCUT2D eigenvalue weighted by Crippen LogP contribution is 2.19. The fourth-order valence-electron chi connectivity index (χ4n) is 5.57. The van der Waals surface area contributed by atoms with E-state index in [2.05, 4.69) is 74.0 Å². The number of H-pyrrole nitrogens is 2. The van der Waals surface area contributed by atoms with Gasteiger partial charge in [-0.05, 0) is 113 Å². The zero-order chi connectivity index (χ0) is 36.8. The average molecular weight is 700 g/mol. The Morgan fingerprint density at radius 1 is 0.549 bits per heavy atom. The van der Waals surface area contributed by atoms with Crippen LogP contribution in [0.3, 0.4) is 0 Å². The summed E-state index contributed by atoms with van der Waals surface area (Å²) in [6.07, 6.45) is 1.56. The van der Waals surface area contributed by atoms with Crippen molar-refractivity contribution < 1.29 is 19.2 Å². The summed E-state index contributed by atoms with van der Waals surface area (Å²) in [5.74, 6) is -1.13. The fraction of sp³-hybridized carbons (Fsp3) is 0.378. The summed E-state index contributed by atoms with van der Waals surface area (Å²) in [5.41, 5.74) is 2.89. The van der Waals surface area contributed by atoms with Crippen LogP contribution in [0.5, 0.6) is 0 Å². The zero-order valence-electron chi connectivity index (χ0n) is 29.8. The molecule has 7 N–H and O–H groups in total. The quantitative estimate of drug-likeness (QED) is 0.0736. The molecule has 0 aliphatic heterocycles. The van der Waals surface area contributed by atoms with Crippen LogP contribution in [0.1, 0.15) is 71.6 Å². The third kappa shape index (κ3) is 11.5. The number of amides is 5. The summed E-state index contributed by atoms with van der Waals surface area (Å²) in [6, 6.07) is 15.4. The van der Waals surface area contributed by atoms with Crippen LogP contribution in [0.2, 0.25) is 0 Å². The molecular formula is C37H49N9O5. The Kier molecular flexibility index (Phi) is 14.3. The molecule has 0 spiro atoms. The average Bonchev–Trinajstić information content (AvgIpc) is 3.50. The lowest BCUT2D eigenvalue weighted by molar-refractivity contribution is 0.0949. The Morgan fingerprint density at radius 2 is 1.06 bits per heavy atom. The predicted molar refractivity (Wildman–Crippen MR) is 202 cm³/mol. The van der Waals surface area contributed by atoms with Gasteiger partial charge in [-0.15, -0.1) is 0 Å². The monoisotopic (exact) mass is 699 g/mol. The smallest absolute Gasteiger partial charge is 0.323 e. The van der Waals surface area contributed by atoms with Gasteiger partial charge < -0.3 is 46.4 Å². The van der Waals surface area contributed by atoms with E-state index in [1.807, 2.05) is 0 Å². The van der Waals surface area contributed by atoms with Crippen molar-refractivity contribution in [3.63, 3.8) is 0 Å². The Labute approximate surface area is 297 Å². The van der Waals surface area contributed by atoms with Crippen molar-refractivity contribution in [2.24, 2.45) is 0 Å². The van der Waals surface area contributed by atoms with Gasteiger partial charge in [0.15, 0.2) is 0 Å². The van der Waals surface area contributed by atoms with Crippen molar-refractivity contribution in [3.8, 4) is 0 Å². The number of hydrogen-bond donors (Lipinski definition) is 7. The van der Waals surface area contributed by atoms with Crippen LogP contribution in [0.4, 0.5) is 21.9 Å². The van der Waals surface area contributed by atoms with Crippen LogP contribution < -0.4 is 32.3 Å². The van der Waals surface area contributed by atoms with E-state index in [0.29, 0.717) is 46.7 Å². The minimum absolute atomic E-state index is 0.261. The number of rotatable bonds is 18. The number of carbonyl (C=O) groups is 4. The van der Waals surface area contributed by atoms with Crippen molar-refractivity contribution in [2.75, 3.05) is 68.3 Å². The molecule has 51 heavy (non-hydrogen) atoms. The number of nitrogens with one attached hydrogen (secondary N) is 7. The molecule has 14 nitrogen and oxygen atoms in total. The first-order valence-corrected chi connectivity index (χ1v) is 17.5. The summed E-state index contributed by atoms with van der Waals surface area (Å²) in [7, 11) is 0. The molecular weight excluding hydrogens is 650 g/mol. The van der Waals surface area contributed by atoms with Gasteiger partial charge in [-0.25, -0.2) is 9.59 Å². The summed E-state index contributed by atoms with van der Waals surface area (Å²) >= 11 is 0. The largest absolute Gasteiger partial charge is 0.352 e. The highest BCUT2D eigenvalue weighted by molar-refractivity contribution is 6.07. The molecule has 0 radical (unpaired) electrons. The van der Waals surface area contributed by atoms with Gasteiger partial charge in [0, 0.05) is 46.8 Å². The molecule has 1 aromatic heterocycles. The molecule has 4 aromatic rings. The molecule has 4 rings (SSSR count). The molecule has 0 saturated carbocycles. The van der Waals surface area contributed by atoms with Crippen LogP contribution in [-0.2, 0) is 0 Å². The molecule has 1 heterocycles. The van der Waals surface area contributed by atoms with E-state index in [1.165, 1.54) is 6.07 Å². The lowest BCUT2D eigenvalue weighted by Crippen LogP contribution is -2.31. The molecule has 0 fully saturated rings. The molecule has 0 saturated heterocycles. The van der Waals surface area contributed by atoms with Crippen LogP contribution >= 0.6 is 0 Å². The number of aromatic nitrogens is 2. The number of carbonyl (C=O) groups excluding carboxylic acids is 4. The van der Waals surface area contributed by atoms with E-state index in [-0.39, 0.29) is 28.6 Å². The molecule has 0 aliphatic rings. The summed E-state index contributed by atoms with van der Waals surface area (Å²) < 4.78 is 0. The van der Waals surface area contributed by atoms with E-state index in [0.717, 1.165) is 52.1 Å². The number of benzene rings is 3. The first-order valence-electron chi connectivity index (χ1n) is 17.5. The predicted octanol–water partition coefficient (Wildman–Crippen LogP) is 4.68. The molecule has 3 aromatic carbocycles. The number of imidazole rings is 1. The molecule has 0 bridgehead atoms. The number of nitrogens with zero attached hydrogens (tertiary/aromatic N) is 2. The Morgan fingerprint density at radius 3 is 1.61 bits per heavy atom. The van der Waals surface area contributed by atoms with Crippen molar-refractivity contribution in [1.82, 2.24) is 30.4 Å². The molecule has 5 amide bonds. The lowest BCUT2D eigenvalue weighted by atomic mass is 10.1. The van der Waals surface area contributed by atoms with Crippen LogP contribution in [0.25, 0.3) is 11.0 Å². The van der Waals surface area contributed by atoms with Crippen molar-refractivity contribution in [3.05, 3.63) is 87.8 Å². The van der Waals surface area contributed by atoms with Crippen LogP contribution in [0.15, 0.2) is 65.5 Å². The second-order valence-electron chi connectivity index (χ2n) is 12.0. The van der Waals surface area contributed by atoms with E-state index in [9.17, 15) is 24.0 Å². The van der Waals surface area contributed by atoms with Gasteiger partial charge in [-0.2, -0.15) is 0 Å². The normalized spacial score (nSPS) is 11.1. The Hall–Kier alpha value is -5.47. The van der Waals surface area contributed by atoms with Gasteiger partial charge in [0.05, 0.1) is 11.0 Å². The van der Waals surface area contributed by atoms with E-state index < -0.39 is 11.9 Å². The third-order valence-corrected chi connectivity index (χ3v) is 8.56. The van der Waals surface area contributed by atoms with Gasteiger partial charge >= 0.3 is 11.7 Å². The molecule has 0 aliphatic carbocycles. The number of anilines is 3. The van der Waals surface area contributed by atoms with Crippen LogP contribution in [-0.4, -0.2) is 95.9 Å². The maximum absolute atomic E-state index is 13.3. The third-order valence-electron chi connectivity index (χ3n) is 8.56. The number of fused-ring (bicyclic) bond motifs is 1. The van der Waals surface area contributed by atoms with Crippen molar-refractivity contribution in [2.45, 2.75) is 40.5 Å². The summed E-state index contributed by atoms with van der Waals surface area (Å²) in [5, 5.41) is 14.1. The highest BCUT2D eigenvalue weighted by Gasteiger charge is 2.16. The maximum Gasteiger partial charge on any atom is 0.323 e. The maximum atomic E-state index is 13.3. The SMILES string of the molecule is CCN(CC)CCCNC(=O)c1cc(NC(=O)c2ccc(NC(=O)Nc3ccc4[nH]c(=O)[nH]c4c3)cc2)cc(C(=O)NCCCN(CC)CC)c1. The molecule has 0 unspecified atom stereocenters. The second kappa shape index (κ2) is 19.1. The molecule has 272 valence electrons. The number of aromatic amines is 2. The first-order chi connectivity index (χ1) is 24.6. The first kappa shape index (κ1) is 38.3. The number of urea groups is 1. The van der Waals surface area contributed by atoms with Gasteiger partial charge in [-0.1, -0.05) is 27.7 Å². The van der Waals surface area contributed by atoms with Crippen molar-refractivity contribution in [1.29, 1.82) is 0 Å².